The van der Waals surface area contributed by atoms with Crippen molar-refractivity contribution in [3.8, 4) is 0 Å². The molecule has 132 valence electrons. The molecule has 1 aromatic heterocycles. The number of hydrogen-bond acceptors (Lipinski definition) is 4. The van der Waals surface area contributed by atoms with E-state index in [4.69, 9.17) is 0 Å². The molecule has 1 aliphatic heterocycles. The maximum atomic E-state index is 12.9. The molecule has 1 fully saturated rings. The molecule has 0 bridgehead atoms. The van der Waals surface area contributed by atoms with E-state index in [1.54, 1.807) is 12.1 Å². The minimum atomic E-state index is -0.239. The Morgan fingerprint density at radius 1 is 1.28 bits per heavy atom. The number of carbonyl (C=O) groups excluding carboxylic acids is 1. The van der Waals surface area contributed by atoms with E-state index in [-0.39, 0.29) is 17.8 Å². The van der Waals surface area contributed by atoms with Crippen molar-refractivity contribution in [2.45, 2.75) is 39.2 Å². The van der Waals surface area contributed by atoms with E-state index in [9.17, 15) is 9.18 Å². The van der Waals surface area contributed by atoms with Crippen LogP contribution in [0.1, 0.15) is 30.4 Å². The second-order valence-corrected chi connectivity index (χ2v) is 6.41. The average Bonchev–Trinajstić information content (AvgIpc) is 2.93. The molecule has 1 aliphatic rings. The number of likely N-dealkylation sites (tertiary alicyclic amines) is 1. The van der Waals surface area contributed by atoms with E-state index < -0.39 is 0 Å². The summed E-state index contributed by atoms with van der Waals surface area (Å²) in [6.07, 6.45) is 2.05. The van der Waals surface area contributed by atoms with E-state index in [2.05, 4.69) is 22.2 Å². The van der Waals surface area contributed by atoms with Gasteiger partial charge in [0.25, 0.3) is 0 Å². The van der Waals surface area contributed by atoms with Gasteiger partial charge in [-0.3, -0.25) is 4.79 Å². The first kappa shape index (κ1) is 17.3. The lowest BCUT2D eigenvalue weighted by molar-refractivity contribution is -0.127. The van der Waals surface area contributed by atoms with E-state index in [1.807, 2.05) is 17.9 Å². The molecule has 1 saturated heterocycles. The molecule has 25 heavy (non-hydrogen) atoms. The Morgan fingerprint density at radius 3 is 2.76 bits per heavy atom. The van der Waals surface area contributed by atoms with Gasteiger partial charge in [0.15, 0.2) is 0 Å². The average molecular weight is 342 g/mol. The molecule has 2 heterocycles. The summed E-state index contributed by atoms with van der Waals surface area (Å²) in [5, 5.41) is 3.36. The van der Waals surface area contributed by atoms with E-state index >= 15 is 0 Å². The van der Waals surface area contributed by atoms with Crippen molar-refractivity contribution in [2.75, 3.05) is 18.4 Å². The summed E-state index contributed by atoms with van der Waals surface area (Å²) < 4.78 is 12.9. The van der Waals surface area contributed by atoms with Crippen molar-refractivity contribution < 1.29 is 9.18 Å². The summed E-state index contributed by atoms with van der Waals surface area (Å²) >= 11 is 0. The Labute approximate surface area is 147 Å². The van der Waals surface area contributed by atoms with E-state index in [0.717, 1.165) is 35.7 Å². The summed E-state index contributed by atoms with van der Waals surface area (Å²) in [7, 11) is 0. The topological polar surface area (TPSA) is 58.1 Å². The monoisotopic (exact) mass is 342 g/mol. The molecule has 1 aromatic carbocycles. The number of halogens is 1. The summed E-state index contributed by atoms with van der Waals surface area (Å²) in [4.78, 5) is 22.9. The van der Waals surface area contributed by atoms with Crippen molar-refractivity contribution in [1.29, 1.82) is 0 Å². The fourth-order valence-corrected chi connectivity index (χ4v) is 3.09. The summed E-state index contributed by atoms with van der Waals surface area (Å²) in [6, 6.07) is 8.43. The molecule has 0 aliphatic carbocycles. The molecule has 0 spiro atoms. The number of nitrogens with one attached hydrogen (secondary N) is 1. The molecule has 0 saturated carbocycles. The van der Waals surface area contributed by atoms with Crippen LogP contribution in [-0.2, 0) is 17.6 Å². The molecule has 1 unspecified atom stereocenters. The molecule has 1 amide bonds. The number of aromatic nitrogens is 2. The maximum absolute atomic E-state index is 12.9. The predicted molar refractivity (Wildman–Crippen MR) is 94.9 cm³/mol. The highest BCUT2D eigenvalue weighted by Crippen LogP contribution is 2.17. The molecular formula is C19H23FN4O. The fourth-order valence-electron chi connectivity index (χ4n) is 3.09. The third kappa shape index (κ3) is 4.53. The van der Waals surface area contributed by atoms with E-state index in [0.29, 0.717) is 19.5 Å². The van der Waals surface area contributed by atoms with Crippen LogP contribution in [0.15, 0.2) is 30.3 Å². The number of nitrogens with zero attached hydrogens (tertiary/aromatic N) is 3. The second kappa shape index (κ2) is 7.59. The minimum Gasteiger partial charge on any atom is -0.365 e. The van der Waals surface area contributed by atoms with Gasteiger partial charge in [0.1, 0.15) is 17.5 Å². The van der Waals surface area contributed by atoms with Crippen LogP contribution in [0.4, 0.5) is 10.2 Å². The zero-order valence-electron chi connectivity index (χ0n) is 14.6. The molecule has 0 radical (unpaired) electrons. The van der Waals surface area contributed by atoms with Crippen LogP contribution < -0.4 is 5.32 Å². The number of amides is 1. The van der Waals surface area contributed by atoms with Gasteiger partial charge in [-0.1, -0.05) is 19.1 Å². The lowest BCUT2D eigenvalue weighted by atomic mass is 10.1. The van der Waals surface area contributed by atoms with Crippen molar-refractivity contribution in [3.05, 3.63) is 53.2 Å². The first-order valence-electron chi connectivity index (χ1n) is 8.67. The smallest absolute Gasteiger partial charge is 0.224 e. The van der Waals surface area contributed by atoms with Gasteiger partial charge in [0, 0.05) is 31.3 Å². The molecule has 6 heteroatoms. The van der Waals surface area contributed by atoms with Gasteiger partial charge >= 0.3 is 0 Å². The maximum Gasteiger partial charge on any atom is 0.224 e. The Hall–Kier alpha value is -2.50. The molecule has 1 N–H and O–H groups in total. The standard InChI is InChI=1S/C19H23FN4O/c1-3-16-10-18(22-13(2)21-16)23-17-11-19(25)24(12-17)9-8-14-4-6-15(20)7-5-14/h4-7,10,17H,3,8-9,11-12H2,1-2H3,(H,21,22,23). The van der Waals surface area contributed by atoms with Gasteiger partial charge in [-0.05, 0) is 37.5 Å². The van der Waals surface area contributed by atoms with Crippen LogP contribution >= 0.6 is 0 Å². The predicted octanol–water partition coefficient (Wildman–Crippen LogP) is 2.74. The third-order valence-electron chi connectivity index (χ3n) is 4.40. The molecule has 2 aromatic rings. The van der Waals surface area contributed by atoms with Gasteiger partial charge in [0.05, 0.1) is 6.04 Å². The summed E-state index contributed by atoms with van der Waals surface area (Å²) in [5.74, 6) is 1.42. The van der Waals surface area contributed by atoms with Crippen molar-refractivity contribution in [3.63, 3.8) is 0 Å². The quantitative estimate of drug-likeness (QED) is 0.877. The van der Waals surface area contributed by atoms with Gasteiger partial charge in [0.2, 0.25) is 5.91 Å². The number of rotatable bonds is 6. The zero-order chi connectivity index (χ0) is 17.8. The molecule has 1 atom stereocenters. The van der Waals surface area contributed by atoms with Gasteiger partial charge in [-0.2, -0.15) is 0 Å². The normalized spacial score (nSPS) is 17.2. The lowest BCUT2D eigenvalue weighted by Gasteiger charge is -2.17. The highest BCUT2D eigenvalue weighted by molar-refractivity contribution is 5.80. The number of carbonyl (C=O) groups is 1. The van der Waals surface area contributed by atoms with Gasteiger partial charge in [-0.15, -0.1) is 0 Å². The lowest BCUT2D eigenvalue weighted by Crippen LogP contribution is -2.30. The van der Waals surface area contributed by atoms with Crippen LogP contribution in [0.3, 0.4) is 0 Å². The largest absolute Gasteiger partial charge is 0.365 e. The van der Waals surface area contributed by atoms with Crippen LogP contribution in [-0.4, -0.2) is 39.9 Å². The van der Waals surface area contributed by atoms with Crippen LogP contribution in [0.25, 0.3) is 0 Å². The van der Waals surface area contributed by atoms with Gasteiger partial charge < -0.3 is 10.2 Å². The van der Waals surface area contributed by atoms with Crippen molar-refractivity contribution >= 4 is 11.7 Å². The van der Waals surface area contributed by atoms with Gasteiger partial charge in [-0.25, -0.2) is 14.4 Å². The van der Waals surface area contributed by atoms with E-state index in [1.165, 1.54) is 12.1 Å². The highest BCUT2D eigenvalue weighted by atomic mass is 19.1. The highest BCUT2D eigenvalue weighted by Gasteiger charge is 2.29. The SMILES string of the molecule is CCc1cc(NC2CC(=O)N(CCc3ccc(F)cc3)C2)nc(C)n1. The fraction of sp³-hybridized carbons (Fsp3) is 0.421. The Morgan fingerprint density at radius 2 is 2.04 bits per heavy atom. The van der Waals surface area contributed by atoms with Crippen LogP contribution in [0, 0.1) is 12.7 Å². The molecule has 5 nitrogen and oxygen atoms in total. The first-order valence-corrected chi connectivity index (χ1v) is 8.67. The summed E-state index contributed by atoms with van der Waals surface area (Å²) in [5.41, 5.74) is 2.03. The van der Waals surface area contributed by atoms with Crippen LogP contribution in [0.5, 0.6) is 0 Å². The number of benzene rings is 1. The second-order valence-electron chi connectivity index (χ2n) is 6.41. The Bertz CT molecular complexity index is 748. The molecular weight excluding hydrogens is 319 g/mol. The number of aryl methyl sites for hydroxylation is 2. The Kier molecular flexibility index (Phi) is 5.26. The number of hydrogen-bond donors (Lipinski definition) is 1. The van der Waals surface area contributed by atoms with Crippen molar-refractivity contribution in [2.24, 2.45) is 0 Å². The third-order valence-corrected chi connectivity index (χ3v) is 4.40. The minimum absolute atomic E-state index is 0.0553. The summed E-state index contributed by atoms with van der Waals surface area (Å²) in [6.45, 7) is 5.23. The van der Waals surface area contributed by atoms with Crippen LogP contribution in [0.2, 0.25) is 0 Å². The molecule has 3 rings (SSSR count). The zero-order valence-corrected chi connectivity index (χ0v) is 14.6. The van der Waals surface area contributed by atoms with Crippen molar-refractivity contribution in [1.82, 2.24) is 14.9 Å². The number of anilines is 1. The first-order chi connectivity index (χ1) is 12.0. The Balaban J connectivity index is 1.57.